The van der Waals surface area contributed by atoms with Crippen molar-refractivity contribution in [1.82, 2.24) is 0 Å². The van der Waals surface area contributed by atoms with Gasteiger partial charge >= 0.3 is 5.97 Å². The molecule has 0 aromatic heterocycles. The van der Waals surface area contributed by atoms with Crippen LogP contribution < -0.4 is 0 Å². The van der Waals surface area contributed by atoms with Crippen LogP contribution in [-0.2, 0) is 18.6 Å². The maximum atomic E-state index is 10.4. The molecular weight excluding hydrogens is 220 g/mol. The van der Waals surface area contributed by atoms with Crippen LogP contribution in [0.2, 0.25) is 0 Å². The summed E-state index contributed by atoms with van der Waals surface area (Å²) in [5.74, 6) is -0.757. The quantitative estimate of drug-likeness (QED) is 0.534. The minimum Gasteiger partial charge on any atom is -0.469 e. The van der Waals surface area contributed by atoms with Crippen LogP contribution in [0.3, 0.4) is 0 Å². The van der Waals surface area contributed by atoms with Gasteiger partial charge in [0.25, 0.3) is 0 Å². The Kier molecular flexibility index (Phi) is 8.29. The van der Waals surface area contributed by atoms with Crippen molar-refractivity contribution in [2.75, 3.05) is 20.0 Å². The SMILES string of the molecule is COC(=O)[C@@H](C)CO.CS(=O)(=O)Cl. The van der Waals surface area contributed by atoms with Crippen molar-refractivity contribution in [3.8, 4) is 0 Å². The van der Waals surface area contributed by atoms with Gasteiger partial charge in [-0.25, -0.2) is 8.42 Å². The Morgan fingerprint density at radius 3 is 2.00 bits per heavy atom. The second-order valence-corrected chi connectivity index (χ2v) is 5.33. The van der Waals surface area contributed by atoms with Gasteiger partial charge in [-0.2, -0.15) is 0 Å². The molecule has 0 spiro atoms. The second kappa shape index (κ2) is 7.11. The maximum absolute atomic E-state index is 10.4. The minimum atomic E-state index is -3.19. The Morgan fingerprint density at radius 2 is 1.92 bits per heavy atom. The lowest BCUT2D eigenvalue weighted by molar-refractivity contribution is -0.146. The van der Waals surface area contributed by atoms with Crippen LogP contribution in [0.4, 0.5) is 0 Å². The topological polar surface area (TPSA) is 80.7 Å². The number of hydrogen-bond donors (Lipinski definition) is 1. The van der Waals surface area contributed by atoms with Gasteiger partial charge in [0, 0.05) is 10.7 Å². The Morgan fingerprint density at radius 1 is 1.62 bits per heavy atom. The fourth-order valence-corrected chi connectivity index (χ4v) is 0.276. The van der Waals surface area contributed by atoms with E-state index in [-0.39, 0.29) is 18.5 Å². The molecule has 0 saturated carbocycles. The molecule has 0 radical (unpaired) electrons. The van der Waals surface area contributed by atoms with Gasteiger partial charge in [-0.15, -0.1) is 0 Å². The first-order valence-corrected chi connectivity index (χ1v) is 6.02. The van der Waals surface area contributed by atoms with Crippen LogP contribution in [0.25, 0.3) is 0 Å². The Balaban J connectivity index is 0. The molecule has 1 N–H and O–H groups in total. The standard InChI is InChI=1S/C5H10O3.CH3ClO2S/c1-4(3-6)5(7)8-2;1-5(2,3)4/h4,6H,3H2,1-2H3;1H3/t4-;/m0./s1. The summed E-state index contributed by atoms with van der Waals surface area (Å²) in [5, 5.41) is 8.34. The highest BCUT2D eigenvalue weighted by Crippen LogP contribution is 1.93. The highest BCUT2D eigenvalue weighted by Gasteiger charge is 2.09. The molecule has 13 heavy (non-hydrogen) atoms. The number of ether oxygens (including phenoxy) is 1. The third-order valence-corrected chi connectivity index (χ3v) is 0.877. The van der Waals surface area contributed by atoms with E-state index < -0.39 is 9.05 Å². The summed E-state index contributed by atoms with van der Waals surface area (Å²) < 4.78 is 23.1. The highest BCUT2D eigenvalue weighted by molar-refractivity contribution is 8.13. The first kappa shape index (κ1) is 15.2. The molecule has 0 bridgehead atoms. The monoisotopic (exact) mass is 232 g/mol. The van der Waals surface area contributed by atoms with Gasteiger partial charge < -0.3 is 9.84 Å². The summed E-state index contributed by atoms with van der Waals surface area (Å²) in [6.07, 6.45) is 0.925. The molecule has 0 fully saturated rings. The molecule has 1 atom stereocenters. The van der Waals surface area contributed by atoms with E-state index in [1.807, 2.05) is 0 Å². The molecule has 0 aromatic rings. The third-order valence-electron chi connectivity index (χ3n) is 0.877. The molecule has 0 aromatic carbocycles. The van der Waals surface area contributed by atoms with Crippen molar-refractivity contribution in [2.24, 2.45) is 5.92 Å². The van der Waals surface area contributed by atoms with Crippen LogP contribution in [0, 0.1) is 5.92 Å². The average Bonchev–Trinajstić information content (AvgIpc) is 1.98. The average molecular weight is 233 g/mol. The maximum Gasteiger partial charge on any atom is 0.310 e. The van der Waals surface area contributed by atoms with Gasteiger partial charge in [-0.3, -0.25) is 4.79 Å². The molecule has 0 heterocycles. The lowest BCUT2D eigenvalue weighted by atomic mass is 10.2. The summed E-state index contributed by atoms with van der Waals surface area (Å²) in [5.41, 5.74) is 0. The predicted octanol–water partition coefficient (Wildman–Crippen LogP) is -0.0274. The van der Waals surface area contributed by atoms with Crippen molar-refractivity contribution in [3.05, 3.63) is 0 Å². The molecule has 0 aliphatic carbocycles. The zero-order valence-corrected chi connectivity index (χ0v) is 9.22. The second-order valence-electron chi connectivity index (χ2n) is 2.29. The lowest BCUT2D eigenvalue weighted by Crippen LogP contribution is -2.15. The third kappa shape index (κ3) is 18.5. The summed E-state index contributed by atoms with van der Waals surface area (Å²) in [6, 6.07) is 0. The van der Waals surface area contributed by atoms with E-state index in [0.717, 1.165) is 6.26 Å². The summed E-state index contributed by atoms with van der Waals surface area (Å²) >= 11 is 0. The first-order chi connectivity index (χ1) is 5.72. The highest BCUT2D eigenvalue weighted by atomic mass is 35.7. The molecule has 0 saturated heterocycles. The van der Waals surface area contributed by atoms with Gasteiger partial charge in [0.15, 0.2) is 0 Å². The molecule has 0 amide bonds. The zero-order chi connectivity index (χ0) is 11.1. The van der Waals surface area contributed by atoms with E-state index in [9.17, 15) is 13.2 Å². The summed E-state index contributed by atoms with van der Waals surface area (Å²) in [7, 11) is 2.61. The van der Waals surface area contributed by atoms with Crippen molar-refractivity contribution in [2.45, 2.75) is 6.92 Å². The Labute approximate surface area is 82.1 Å². The lowest BCUT2D eigenvalue weighted by Gasteiger charge is -2.02. The molecule has 80 valence electrons. The number of esters is 1. The minimum absolute atomic E-state index is 0.146. The van der Waals surface area contributed by atoms with Crippen molar-refractivity contribution in [1.29, 1.82) is 0 Å². The summed E-state index contributed by atoms with van der Waals surface area (Å²) in [4.78, 5) is 10.4. The van der Waals surface area contributed by atoms with E-state index >= 15 is 0 Å². The molecule has 0 unspecified atom stereocenters. The van der Waals surface area contributed by atoms with Gasteiger partial charge in [0.05, 0.1) is 25.9 Å². The van der Waals surface area contributed by atoms with Crippen LogP contribution >= 0.6 is 10.7 Å². The van der Waals surface area contributed by atoms with Crippen LogP contribution in [-0.4, -0.2) is 39.5 Å². The Bertz CT molecular complexity index is 227. The predicted molar refractivity (Wildman–Crippen MR) is 49.0 cm³/mol. The summed E-state index contributed by atoms with van der Waals surface area (Å²) in [6.45, 7) is 1.46. The zero-order valence-electron chi connectivity index (χ0n) is 7.65. The van der Waals surface area contributed by atoms with Gasteiger partial charge in [0.2, 0.25) is 9.05 Å². The smallest absolute Gasteiger partial charge is 0.310 e. The van der Waals surface area contributed by atoms with E-state index in [2.05, 4.69) is 15.4 Å². The number of carbonyl (C=O) groups is 1. The van der Waals surface area contributed by atoms with E-state index in [4.69, 9.17) is 5.11 Å². The molecule has 5 nitrogen and oxygen atoms in total. The molecule has 0 rings (SSSR count). The number of rotatable bonds is 2. The van der Waals surface area contributed by atoms with E-state index in [0.29, 0.717) is 0 Å². The van der Waals surface area contributed by atoms with Crippen LogP contribution in [0.15, 0.2) is 0 Å². The van der Waals surface area contributed by atoms with Crippen LogP contribution in [0.5, 0.6) is 0 Å². The molecule has 7 heteroatoms. The number of hydrogen-bond acceptors (Lipinski definition) is 5. The Hall–Kier alpha value is -0.330. The van der Waals surface area contributed by atoms with Crippen molar-refractivity contribution < 1.29 is 23.1 Å². The van der Waals surface area contributed by atoms with E-state index in [1.54, 1.807) is 6.92 Å². The fourth-order valence-electron chi connectivity index (χ4n) is 0.276. The van der Waals surface area contributed by atoms with Crippen molar-refractivity contribution in [3.63, 3.8) is 0 Å². The fraction of sp³-hybridized carbons (Fsp3) is 0.833. The number of aliphatic hydroxyl groups excluding tert-OH is 1. The first-order valence-electron chi connectivity index (χ1n) is 3.30. The van der Waals surface area contributed by atoms with Gasteiger partial charge in [0.1, 0.15) is 0 Å². The molecule has 0 aliphatic rings. The molecular formula is C6H13ClO5S. The number of halogens is 1. The number of carbonyl (C=O) groups excluding carboxylic acids is 1. The number of aliphatic hydroxyl groups is 1. The number of methoxy groups -OCH3 is 1. The van der Waals surface area contributed by atoms with E-state index in [1.165, 1.54) is 7.11 Å². The van der Waals surface area contributed by atoms with Crippen LogP contribution in [0.1, 0.15) is 6.92 Å². The molecule has 0 aliphatic heterocycles. The van der Waals surface area contributed by atoms with Crippen molar-refractivity contribution >= 4 is 25.7 Å². The normalized spacial score (nSPS) is 12.4. The van der Waals surface area contributed by atoms with Gasteiger partial charge in [-0.05, 0) is 6.92 Å². The van der Waals surface area contributed by atoms with Gasteiger partial charge in [-0.1, -0.05) is 0 Å². The largest absolute Gasteiger partial charge is 0.469 e.